The number of anilines is 2. The van der Waals surface area contributed by atoms with Gasteiger partial charge in [0.1, 0.15) is 16.3 Å². The number of H-pyrrole nitrogens is 1. The molecule has 1 saturated heterocycles. The van der Waals surface area contributed by atoms with Gasteiger partial charge in [-0.05, 0) is 30.5 Å². The second-order valence-corrected chi connectivity index (χ2v) is 9.32. The third-order valence-electron chi connectivity index (χ3n) is 6.13. The predicted molar refractivity (Wildman–Crippen MR) is 130 cm³/mol. The quantitative estimate of drug-likeness (QED) is 0.243. The minimum atomic E-state index is -2.75. The van der Waals surface area contributed by atoms with Crippen LogP contribution in [0.1, 0.15) is 19.8 Å². The molecular weight excluding hydrogens is 505 g/mol. The molecule has 188 valence electrons. The highest BCUT2D eigenvalue weighted by Gasteiger charge is 2.46. The van der Waals surface area contributed by atoms with Crippen molar-refractivity contribution in [3.8, 4) is 5.75 Å². The van der Waals surface area contributed by atoms with E-state index < -0.39 is 28.9 Å². The van der Waals surface area contributed by atoms with E-state index >= 15 is 0 Å². The largest absolute Gasteiger partial charge is 0.491 e. The van der Waals surface area contributed by atoms with Crippen molar-refractivity contribution in [2.45, 2.75) is 25.7 Å². The van der Waals surface area contributed by atoms with Crippen LogP contribution < -0.4 is 26.5 Å². The fraction of sp³-hybridized carbons (Fsp3) is 0.455. The summed E-state index contributed by atoms with van der Waals surface area (Å²) in [5, 5.41) is 6.23. The molecule has 1 fully saturated rings. The van der Waals surface area contributed by atoms with Gasteiger partial charge in [0.2, 0.25) is 5.28 Å². The van der Waals surface area contributed by atoms with E-state index in [2.05, 4.69) is 25.6 Å². The van der Waals surface area contributed by atoms with Crippen molar-refractivity contribution in [1.29, 1.82) is 0 Å². The summed E-state index contributed by atoms with van der Waals surface area (Å²) in [4.78, 5) is 34.7. The van der Waals surface area contributed by atoms with Crippen molar-refractivity contribution in [1.82, 2.24) is 24.8 Å². The molecule has 3 N–H and O–H groups in total. The smallest absolute Gasteiger partial charge is 0.316 e. The topological polar surface area (TPSA) is 114 Å². The number of nitrogens with zero attached hydrogens (tertiary/aromatic N) is 3. The van der Waals surface area contributed by atoms with Crippen LogP contribution in [0.2, 0.25) is 10.3 Å². The molecule has 3 heterocycles. The summed E-state index contributed by atoms with van der Waals surface area (Å²) in [7, 11) is 1.45. The first-order valence-electron chi connectivity index (χ1n) is 11.0. The zero-order chi connectivity index (χ0) is 25.3. The number of fused-ring (bicyclic) bond motifs is 1. The van der Waals surface area contributed by atoms with Crippen LogP contribution in [-0.2, 0) is 7.05 Å². The molecule has 0 unspecified atom stereocenters. The van der Waals surface area contributed by atoms with Crippen molar-refractivity contribution in [2.24, 2.45) is 18.9 Å². The third-order valence-corrected chi connectivity index (χ3v) is 6.59. The second kappa shape index (κ2) is 10.1. The minimum absolute atomic E-state index is 0.0201. The molecule has 0 saturated carbocycles. The van der Waals surface area contributed by atoms with E-state index in [0.717, 1.165) is 0 Å². The number of aromatic nitrogens is 4. The molecule has 0 spiro atoms. The van der Waals surface area contributed by atoms with Crippen LogP contribution in [0, 0.1) is 11.8 Å². The van der Waals surface area contributed by atoms with Crippen LogP contribution in [0.4, 0.5) is 20.3 Å². The lowest BCUT2D eigenvalue weighted by Gasteiger charge is -2.36. The molecule has 0 amide bonds. The number of halogens is 4. The Kier molecular flexibility index (Phi) is 7.30. The number of hydrogen-bond donors (Lipinski definition) is 3. The molecule has 0 radical (unpaired) electrons. The number of piperidine rings is 1. The Morgan fingerprint density at radius 2 is 2.06 bits per heavy atom. The number of aromatic amines is 1. The zero-order valence-corrected chi connectivity index (χ0v) is 20.5. The van der Waals surface area contributed by atoms with Crippen LogP contribution in [0.25, 0.3) is 11.0 Å². The highest BCUT2D eigenvalue weighted by molar-refractivity contribution is 6.33. The van der Waals surface area contributed by atoms with Gasteiger partial charge in [-0.3, -0.25) is 9.59 Å². The molecule has 13 heteroatoms. The maximum Gasteiger partial charge on any atom is 0.316 e. The number of benzene rings is 1. The lowest BCUT2D eigenvalue weighted by molar-refractivity contribution is -0.120. The Hall–Kier alpha value is -2.76. The summed E-state index contributed by atoms with van der Waals surface area (Å²) in [6.45, 7) is 2.21. The Bertz CT molecular complexity index is 1360. The first-order valence-corrected chi connectivity index (χ1v) is 11.8. The average Bonchev–Trinajstić information content (AvgIpc) is 2.80. The van der Waals surface area contributed by atoms with Gasteiger partial charge >= 0.3 is 11.1 Å². The predicted octanol–water partition coefficient (Wildman–Crippen LogP) is 3.72. The first kappa shape index (κ1) is 25.3. The summed E-state index contributed by atoms with van der Waals surface area (Å²) in [6, 6.07) is 3.19. The maximum absolute atomic E-state index is 14.5. The monoisotopic (exact) mass is 528 g/mol. The van der Waals surface area contributed by atoms with Crippen LogP contribution in [0.3, 0.4) is 0 Å². The number of aryl methyl sites for hydroxylation is 1. The van der Waals surface area contributed by atoms with E-state index in [9.17, 15) is 18.4 Å². The molecule has 35 heavy (non-hydrogen) atoms. The molecule has 0 bridgehead atoms. The van der Waals surface area contributed by atoms with Gasteiger partial charge in [0.15, 0.2) is 5.82 Å². The molecule has 2 atom stereocenters. The highest BCUT2D eigenvalue weighted by Crippen LogP contribution is 2.37. The highest BCUT2D eigenvalue weighted by atomic mass is 35.5. The van der Waals surface area contributed by atoms with E-state index in [1.807, 2.05) is 0 Å². The van der Waals surface area contributed by atoms with Gasteiger partial charge < -0.3 is 24.9 Å². The number of ether oxygens (including phenoxy) is 1. The van der Waals surface area contributed by atoms with E-state index in [-0.39, 0.29) is 41.4 Å². The van der Waals surface area contributed by atoms with Crippen molar-refractivity contribution in [3.63, 3.8) is 0 Å². The van der Waals surface area contributed by atoms with Crippen LogP contribution in [0.5, 0.6) is 5.75 Å². The van der Waals surface area contributed by atoms with E-state index in [1.165, 1.54) is 17.8 Å². The maximum atomic E-state index is 14.5. The van der Waals surface area contributed by atoms with E-state index in [0.29, 0.717) is 29.7 Å². The molecule has 9 nitrogen and oxygen atoms in total. The Morgan fingerprint density at radius 1 is 1.29 bits per heavy atom. The number of nitrogens with one attached hydrogen (secondary N) is 3. The van der Waals surface area contributed by atoms with Gasteiger partial charge in [0, 0.05) is 43.7 Å². The normalized spacial score (nSPS) is 19.6. The molecule has 0 aliphatic carbocycles. The van der Waals surface area contributed by atoms with E-state index in [4.69, 9.17) is 27.9 Å². The fourth-order valence-corrected chi connectivity index (χ4v) is 4.46. The Balaban J connectivity index is 1.60. The van der Waals surface area contributed by atoms with Crippen molar-refractivity contribution >= 4 is 45.7 Å². The van der Waals surface area contributed by atoms with Gasteiger partial charge in [0.25, 0.3) is 5.92 Å². The lowest BCUT2D eigenvalue weighted by Crippen LogP contribution is -2.50. The molecule has 3 aromatic rings. The molecule has 1 aliphatic heterocycles. The summed E-state index contributed by atoms with van der Waals surface area (Å²) < 4.78 is 36.1. The van der Waals surface area contributed by atoms with Crippen molar-refractivity contribution in [2.75, 3.05) is 25.0 Å². The summed E-state index contributed by atoms with van der Waals surface area (Å²) in [5.74, 6) is -3.76. The molecule has 1 aliphatic rings. The van der Waals surface area contributed by atoms with Crippen molar-refractivity contribution < 1.29 is 13.5 Å². The van der Waals surface area contributed by atoms with E-state index in [1.54, 1.807) is 19.1 Å². The molecule has 4 rings (SSSR count). The number of alkyl halides is 2. The molecular formula is C22H24Cl2F2N6O3. The van der Waals surface area contributed by atoms with Gasteiger partial charge in [-0.2, -0.15) is 4.98 Å². The first-order chi connectivity index (χ1) is 16.6. The molecule has 1 aromatic carbocycles. The Labute approximate surface area is 208 Å². The van der Waals surface area contributed by atoms with Crippen LogP contribution in [-0.4, -0.2) is 45.1 Å². The fourth-order valence-electron chi connectivity index (χ4n) is 4.19. The standard InChI is InChI=1S/C22H24Cl2F2N6O3/c1-11-8-27-9-12(22(11,25)26)4-3-5-35-16-7-13(29-18-14(23)10-28-21(24)31-18)6-15-17(16)32(2)20(34)19(33)30-15/h6-7,10-12,27H,3-5,8-9H2,1-2H3,(H,30,33)(H,28,29,31)/t11-,12+/m0/s1. The summed E-state index contributed by atoms with van der Waals surface area (Å²) in [5.41, 5.74) is -0.436. The van der Waals surface area contributed by atoms with Gasteiger partial charge in [-0.1, -0.05) is 18.5 Å². The van der Waals surface area contributed by atoms with Crippen LogP contribution in [0.15, 0.2) is 27.9 Å². The minimum Gasteiger partial charge on any atom is -0.491 e. The van der Waals surface area contributed by atoms with Gasteiger partial charge in [-0.25, -0.2) is 13.8 Å². The third kappa shape index (κ3) is 5.26. The second-order valence-electron chi connectivity index (χ2n) is 8.57. The average molecular weight is 529 g/mol. The molecule has 2 aromatic heterocycles. The SMILES string of the molecule is C[C@H]1CNC[C@@H](CCCOc2cc(Nc3nc(Cl)ncc3Cl)cc3[nH]c(=O)c(=O)n(C)c23)C1(F)F. The summed E-state index contributed by atoms with van der Waals surface area (Å²) in [6.07, 6.45) is 1.98. The van der Waals surface area contributed by atoms with Gasteiger partial charge in [0.05, 0.1) is 18.3 Å². The zero-order valence-electron chi connectivity index (χ0n) is 19.0. The van der Waals surface area contributed by atoms with Gasteiger partial charge in [-0.15, -0.1) is 0 Å². The van der Waals surface area contributed by atoms with Crippen LogP contribution >= 0.6 is 23.2 Å². The lowest BCUT2D eigenvalue weighted by atomic mass is 9.84. The summed E-state index contributed by atoms with van der Waals surface area (Å²) >= 11 is 12.0. The van der Waals surface area contributed by atoms with Crippen molar-refractivity contribution in [3.05, 3.63) is 49.3 Å². The Morgan fingerprint density at radius 3 is 2.83 bits per heavy atom. The number of rotatable bonds is 7. The number of hydrogen-bond acceptors (Lipinski definition) is 7.